The van der Waals surface area contributed by atoms with Gasteiger partial charge in [-0.2, -0.15) is 0 Å². The third-order valence-corrected chi connectivity index (χ3v) is 5.11. The number of aryl methyl sites for hydroxylation is 1. The first-order chi connectivity index (χ1) is 13.6. The van der Waals surface area contributed by atoms with Crippen molar-refractivity contribution in [1.82, 2.24) is 25.4 Å². The Balaban J connectivity index is 1.33. The summed E-state index contributed by atoms with van der Waals surface area (Å²) in [6.45, 7) is 3.96. The quantitative estimate of drug-likeness (QED) is 0.493. The van der Waals surface area contributed by atoms with Gasteiger partial charge in [-0.1, -0.05) is 43.4 Å². The van der Waals surface area contributed by atoms with Gasteiger partial charge in [0.1, 0.15) is 5.01 Å². The maximum atomic E-state index is 12.2. The highest BCUT2D eigenvalue weighted by Crippen LogP contribution is 2.24. The molecule has 0 radical (unpaired) electrons. The van der Waals surface area contributed by atoms with Gasteiger partial charge in [-0.25, -0.2) is 0 Å². The van der Waals surface area contributed by atoms with E-state index in [1.165, 1.54) is 16.7 Å². The molecule has 0 bridgehead atoms. The van der Waals surface area contributed by atoms with Crippen LogP contribution in [0.1, 0.15) is 48.5 Å². The SMILES string of the molecule is CC(C)c1nnc(CCC(=O)Nc2nnc(Cc3c[nH]c4ccccc34)s2)o1. The highest BCUT2D eigenvalue weighted by atomic mass is 32.1. The molecule has 0 aliphatic heterocycles. The minimum Gasteiger partial charge on any atom is -0.425 e. The van der Waals surface area contributed by atoms with Crippen molar-refractivity contribution in [2.24, 2.45) is 0 Å². The van der Waals surface area contributed by atoms with Gasteiger partial charge in [0.25, 0.3) is 0 Å². The zero-order valence-electron chi connectivity index (χ0n) is 15.6. The molecular formula is C19H20N6O2S. The van der Waals surface area contributed by atoms with Crippen molar-refractivity contribution in [2.45, 2.75) is 39.0 Å². The van der Waals surface area contributed by atoms with E-state index < -0.39 is 0 Å². The summed E-state index contributed by atoms with van der Waals surface area (Å²) >= 11 is 1.38. The van der Waals surface area contributed by atoms with Crippen LogP contribution in [-0.4, -0.2) is 31.3 Å². The molecule has 0 spiro atoms. The predicted octanol–water partition coefficient (Wildman–Crippen LogP) is 3.69. The van der Waals surface area contributed by atoms with Crippen LogP contribution in [0.4, 0.5) is 5.13 Å². The van der Waals surface area contributed by atoms with Crippen molar-refractivity contribution in [2.75, 3.05) is 5.32 Å². The number of aromatic amines is 1. The Kier molecular flexibility index (Phi) is 5.16. The molecule has 0 aliphatic rings. The van der Waals surface area contributed by atoms with E-state index in [0.29, 0.717) is 29.8 Å². The topological polar surface area (TPSA) is 110 Å². The molecule has 0 unspecified atom stereocenters. The van der Waals surface area contributed by atoms with Gasteiger partial charge in [-0.15, -0.1) is 20.4 Å². The molecule has 3 heterocycles. The Bertz CT molecular complexity index is 1100. The third kappa shape index (κ3) is 4.09. The van der Waals surface area contributed by atoms with E-state index in [1.807, 2.05) is 38.2 Å². The molecule has 144 valence electrons. The van der Waals surface area contributed by atoms with Crippen LogP contribution in [-0.2, 0) is 17.6 Å². The molecule has 3 aromatic heterocycles. The minimum absolute atomic E-state index is 0.154. The second-order valence-corrected chi connectivity index (χ2v) is 7.84. The molecule has 2 N–H and O–H groups in total. The Morgan fingerprint density at radius 3 is 2.89 bits per heavy atom. The lowest BCUT2D eigenvalue weighted by atomic mass is 10.1. The molecular weight excluding hydrogens is 376 g/mol. The summed E-state index contributed by atoms with van der Waals surface area (Å²) in [6.07, 6.45) is 3.29. The third-order valence-electron chi connectivity index (χ3n) is 4.27. The van der Waals surface area contributed by atoms with Gasteiger partial charge in [0.15, 0.2) is 0 Å². The van der Waals surface area contributed by atoms with Crippen molar-refractivity contribution < 1.29 is 9.21 Å². The van der Waals surface area contributed by atoms with Crippen molar-refractivity contribution in [1.29, 1.82) is 0 Å². The molecule has 8 nitrogen and oxygen atoms in total. The number of rotatable bonds is 7. The van der Waals surface area contributed by atoms with Crippen LogP contribution in [0, 0.1) is 0 Å². The standard InChI is InChI=1S/C19H20N6O2S/c1-11(2)18-24-22-16(27-18)8-7-15(26)21-19-25-23-17(28-19)9-12-10-20-14-6-4-3-5-13(12)14/h3-6,10-11,20H,7-9H2,1-2H3,(H,21,25,26). The molecule has 1 amide bonds. The number of nitrogens with one attached hydrogen (secondary N) is 2. The largest absolute Gasteiger partial charge is 0.425 e. The van der Waals surface area contributed by atoms with E-state index in [1.54, 1.807) is 0 Å². The van der Waals surface area contributed by atoms with Crippen molar-refractivity contribution >= 4 is 33.3 Å². The lowest BCUT2D eigenvalue weighted by Crippen LogP contribution is -2.12. The van der Waals surface area contributed by atoms with Gasteiger partial charge >= 0.3 is 0 Å². The highest BCUT2D eigenvalue weighted by molar-refractivity contribution is 7.15. The van der Waals surface area contributed by atoms with Crippen LogP contribution < -0.4 is 5.32 Å². The summed E-state index contributed by atoms with van der Waals surface area (Å²) in [5.41, 5.74) is 2.25. The maximum absolute atomic E-state index is 12.2. The van der Waals surface area contributed by atoms with E-state index in [0.717, 1.165) is 16.1 Å². The van der Waals surface area contributed by atoms with Crippen LogP contribution in [0.5, 0.6) is 0 Å². The zero-order chi connectivity index (χ0) is 19.5. The number of carbonyl (C=O) groups is 1. The second-order valence-electron chi connectivity index (χ2n) is 6.77. The Labute approximate surface area is 165 Å². The fourth-order valence-electron chi connectivity index (χ4n) is 2.82. The lowest BCUT2D eigenvalue weighted by molar-refractivity contribution is -0.116. The van der Waals surface area contributed by atoms with Crippen LogP contribution >= 0.6 is 11.3 Å². The first kappa shape index (κ1) is 18.3. The number of hydrogen-bond acceptors (Lipinski definition) is 7. The van der Waals surface area contributed by atoms with Crippen molar-refractivity contribution in [3.63, 3.8) is 0 Å². The van der Waals surface area contributed by atoms with E-state index in [2.05, 4.69) is 36.8 Å². The number of H-pyrrole nitrogens is 1. The molecule has 4 rings (SSSR count). The normalized spacial score (nSPS) is 11.4. The van der Waals surface area contributed by atoms with Gasteiger partial charge in [-0.3, -0.25) is 4.79 Å². The number of carbonyl (C=O) groups excluding carboxylic acids is 1. The van der Waals surface area contributed by atoms with E-state index in [9.17, 15) is 4.79 Å². The number of nitrogens with zero attached hydrogens (tertiary/aromatic N) is 4. The zero-order valence-corrected chi connectivity index (χ0v) is 16.4. The van der Waals surface area contributed by atoms with Crippen molar-refractivity contribution in [3.05, 3.63) is 52.8 Å². The van der Waals surface area contributed by atoms with Gasteiger partial charge in [0, 0.05) is 42.3 Å². The van der Waals surface area contributed by atoms with Gasteiger partial charge in [-0.05, 0) is 11.6 Å². The average Bonchev–Trinajstić information content (AvgIpc) is 3.41. The molecule has 0 fully saturated rings. The summed E-state index contributed by atoms with van der Waals surface area (Å²) in [6, 6.07) is 8.13. The average molecular weight is 396 g/mol. The summed E-state index contributed by atoms with van der Waals surface area (Å²) in [7, 11) is 0. The fourth-order valence-corrected chi connectivity index (χ4v) is 3.60. The van der Waals surface area contributed by atoms with Gasteiger partial charge in [0.2, 0.25) is 22.8 Å². The van der Waals surface area contributed by atoms with Crippen LogP contribution in [0.3, 0.4) is 0 Å². The van der Waals surface area contributed by atoms with Gasteiger partial charge < -0.3 is 14.7 Å². The summed E-state index contributed by atoms with van der Waals surface area (Å²) in [5.74, 6) is 1.07. The van der Waals surface area contributed by atoms with E-state index >= 15 is 0 Å². The summed E-state index contributed by atoms with van der Waals surface area (Å²) in [4.78, 5) is 15.4. The molecule has 0 aliphatic carbocycles. The van der Waals surface area contributed by atoms with Crippen LogP contribution in [0.2, 0.25) is 0 Å². The molecule has 1 aromatic carbocycles. The Morgan fingerprint density at radius 2 is 2.07 bits per heavy atom. The molecule has 28 heavy (non-hydrogen) atoms. The van der Waals surface area contributed by atoms with Crippen LogP contribution in [0.25, 0.3) is 10.9 Å². The van der Waals surface area contributed by atoms with Gasteiger partial charge in [0.05, 0.1) is 0 Å². The first-order valence-electron chi connectivity index (χ1n) is 9.08. The Hall–Kier alpha value is -3.07. The molecule has 0 saturated heterocycles. The summed E-state index contributed by atoms with van der Waals surface area (Å²) < 4.78 is 5.51. The highest BCUT2D eigenvalue weighted by Gasteiger charge is 2.14. The fraction of sp³-hybridized carbons (Fsp3) is 0.316. The molecule has 0 saturated carbocycles. The first-order valence-corrected chi connectivity index (χ1v) is 9.89. The predicted molar refractivity (Wildman–Crippen MR) is 106 cm³/mol. The number of aromatic nitrogens is 5. The molecule has 4 aromatic rings. The number of benzene rings is 1. The lowest BCUT2D eigenvalue weighted by Gasteiger charge is -1.99. The second kappa shape index (κ2) is 7.89. The summed E-state index contributed by atoms with van der Waals surface area (Å²) in [5, 5.41) is 21.5. The molecule has 0 atom stereocenters. The monoisotopic (exact) mass is 396 g/mol. The number of hydrogen-bond donors (Lipinski definition) is 2. The van der Waals surface area contributed by atoms with E-state index in [4.69, 9.17) is 4.42 Å². The number of para-hydroxylation sites is 1. The Morgan fingerprint density at radius 1 is 1.21 bits per heavy atom. The number of anilines is 1. The number of amides is 1. The maximum Gasteiger partial charge on any atom is 0.226 e. The van der Waals surface area contributed by atoms with Crippen molar-refractivity contribution in [3.8, 4) is 0 Å². The van der Waals surface area contributed by atoms with Crippen LogP contribution in [0.15, 0.2) is 34.9 Å². The number of fused-ring (bicyclic) bond motifs is 1. The smallest absolute Gasteiger partial charge is 0.226 e. The molecule has 9 heteroatoms. The minimum atomic E-state index is -0.154. The van der Waals surface area contributed by atoms with E-state index in [-0.39, 0.29) is 18.2 Å².